The van der Waals surface area contributed by atoms with Gasteiger partial charge in [0.2, 0.25) is 0 Å². The third-order valence-corrected chi connectivity index (χ3v) is 6.27. The van der Waals surface area contributed by atoms with Crippen molar-refractivity contribution in [2.24, 2.45) is 5.92 Å². The van der Waals surface area contributed by atoms with E-state index in [1.165, 1.54) is 18.2 Å². The summed E-state index contributed by atoms with van der Waals surface area (Å²) in [5, 5.41) is 8.69. The van der Waals surface area contributed by atoms with Crippen molar-refractivity contribution in [1.82, 2.24) is 19.9 Å². The van der Waals surface area contributed by atoms with Gasteiger partial charge < -0.3 is 4.74 Å². The molecule has 0 saturated carbocycles. The minimum atomic E-state index is -0.0775. The van der Waals surface area contributed by atoms with E-state index in [2.05, 4.69) is 84.5 Å². The minimum absolute atomic E-state index is 0.0461. The van der Waals surface area contributed by atoms with E-state index in [1.807, 2.05) is 10.9 Å². The number of carbonyl (C=O) groups excluding carboxylic acids is 1. The number of likely N-dealkylation sites (tertiary alicyclic amines) is 1. The number of methoxy groups -OCH3 is 1. The lowest BCUT2D eigenvalue weighted by Gasteiger charge is -2.30. The van der Waals surface area contributed by atoms with Crippen LogP contribution in [0.3, 0.4) is 0 Å². The van der Waals surface area contributed by atoms with Gasteiger partial charge in [-0.2, -0.15) is 0 Å². The lowest BCUT2D eigenvalue weighted by molar-refractivity contribution is -0.147. The Morgan fingerprint density at radius 3 is 2.28 bits per heavy atom. The van der Waals surface area contributed by atoms with Crippen LogP contribution in [-0.4, -0.2) is 46.1 Å². The first-order valence-electron chi connectivity index (χ1n) is 11.3. The van der Waals surface area contributed by atoms with Crippen molar-refractivity contribution in [3.05, 3.63) is 65.9 Å². The summed E-state index contributed by atoms with van der Waals surface area (Å²) in [6.45, 7) is 9.37. The molecule has 0 spiro atoms. The van der Waals surface area contributed by atoms with Crippen molar-refractivity contribution in [3.63, 3.8) is 0 Å². The summed E-state index contributed by atoms with van der Waals surface area (Å²) < 4.78 is 6.69. The first-order valence-corrected chi connectivity index (χ1v) is 11.3. The Bertz CT molecular complexity index is 1040. The van der Waals surface area contributed by atoms with Gasteiger partial charge in [-0.15, -0.1) is 5.10 Å². The number of hydrogen-bond acceptors (Lipinski definition) is 5. The van der Waals surface area contributed by atoms with E-state index in [9.17, 15) is 4.79 Å². The van der Waals surface area contributed by atoms with Crippen LogP contribution >= 0.6 is 0 Å². The van der Waals surface area contributed by atoms with Crippen LogP contribution in [0, 0.1) is 5.92 Å². The first kappa shape index (κ1) is 22.2. The average molecular weight is 433 g/mol. The molecule has 1 saturated heterocycles. The molecule has 2 heterocycles. The molecular weight excluding hydrogens is 400 g/mol. The third kappa shape index (κ3) is 5.07. The highest BCUT2D eigenvalue weighted by molar-refractivity contribution is 5.72. The monoisotopic (exact) mass is 432 g/mol. The summed E-state index contributed by atoms with van der Waals surface area (Å²) in [5.74, 6) is -0.0313. The van der Waals surface area contributed by atoms with Gasteiger partial charge in [0, 0.05) is 12.1 Å². The fourth-order valence-corrected chi connectivity index (χ4v) is 4.17. The zero-order valence-electron chi connectivity index (χ0n) is 19.4. The number of carbonyl (C=O) groups is 1. The zero-order chi connectivity index (χ0) is 22.7. The van der Waals surface area contributed by atoms with Crippen LogP contribution in [0.4, 0.5) is 0 Å². The Morgan fingerprint density at radius 2 is 1.69 bits per heavy atom. The summed E-state index contributed by atoms with van der Waals surface area (Å²) in [5.41, 5.74) is 5.61. The van der Waals surface area contributed by atoms with Crippen LogP contribution in [0.25, 0.3) is 16.9 Å². The molecule has 2 aromatic carbocycles. The highest BCUT2D eigenvalue weighted by Gasteiger charge is 2.25. The first-order chi connectivity index (χ1) is 15.3. The van der Waals surface area contributed by atoms with E-state index in [1.54, 1.807) is 0 Å². The largest absolute Gasteiger partial charge is 0.469 e. The molecule has 0 unspecified atom stereocenters. The summed E-state index contributed by atoms with van der Waals surface area (Å²) in [4.78, 5) is 14.1. The minimum Gasteiger partial charge on any atom is -0.469 e. The topological polar surface area (TPSA) is 60.2 Å². The number of benzene rings is 2. The van der Waals surface area contributed by atoms with Gasteiger partial charge in [0.25, 0.3) is 0 Å². The molecule has 1 aromatic heterocycles. The molecule has 6 heteroatoms. The summed E-state index contributed by atoms with van der Waals surface area (Å²) in [7, 11) is 1.47. The average Bonchev–Trinajstić information content (AvgIpc) is 3.29. The summed E-state index contributed by atoms with van der Waals surface area (Å²) in [6.07, 6.45) is 3.70. The van der Waals surface area contributed by atoms with Gasteiger partial charge in [-0.25, -0.2) is 4.68 Å². The maximum atomic E-state index is 11.7. The number of ether oxygens (including phenoxy) is 1. The van der Waals surface area contributed by atoms with Gasteiger partial charge in [-0.1, -0.05) is 62.4 Å². The van der Waals surface area contributed by atoms with Crippen LogP contribution in [0.1, 0.15) is 44.7 Å². The molecule has 0 amide bonds. The van der Waals surface area contributed by atoms with E-state index >= 15 is 0 Å². The predicted molar refractivity (Wildman–Crippen MR) is 126 cm³/mol. The van der Waals surface area contributed by atoms with Gasteiger partial charge in [-0.3, -0.25) is 9.69 Å². The van der Waals surface area contributed by atoms with E-state index in [-0.39, 0.29) is 17.3 Å². The predicted octanol–water partition coefficient (Wildman–Crippen LogP) is 4.62. The lowest BCUT2D eigenvalue weighted by atomic mass is 9.86. The molecule has 0 atom stereocenters. The van der Waals surface area contributed by atoms with Gasteiger partial charge in [-0.05, 0) is 54.6 Å². The van der Waals surface area contributed by atoms with Gasteiger partial charge >= 0.3 is 5.97 Å². The lowest BCUT2D eigenvalue weighted by Crippen LogP contribution is -2.36. The fraction of sp³-hybridized carbons (Fsp3) is 0.423. The molecule has 168 valence electrons. The van der Waals surface area contributed by atoms with Crippen molar-refractivity contribution in [1.29, 1.82) is 0 Å². The third-order valence-electron chi connectivity index (χ3n) is 6.27. The second-order valence-electron chi connectivity index (χ2n) is 9.62. The Labute approximate surface area is 190 Å². The molecule has 32 heavy (non-hydrogen) atoms. The fourth-order valence-electron chi connectivity index (χ4n) is 4.17. The van der Waals surface area contributed by atoms with Gasteiger partial charge in [0.15, 0.2) is 0 Å². The number of aromatic nitrogens is 3. The van der Waals surface area contributed by atoms with E-state index < -0.39 is 0 Å². The van der Waals surface area contributed by atoms with Gasteiger partial charge in [0.1, 0.15) is 5.69 Å². The Kier molecular flexibility index (Phi) is 6.42. The number of nitrogens with zero attached hydrogens (tertiary/aromatic N) is 4. The van der Waals surface area contributed by atoms with Crippen molar-refractivity contribution >= 4 is 5.97 Å². The molecule has 0 radical (unpaired) electrons. The van der Waals surface area contributed by atoms with Gasteiger partial charge in [0.05, 0.1) is 24.9 Å². The summed E-state index contributed by atoms with van der Waals surface area (Å²) in [6, 6.07) is 17.0. The van der Waals surface area contributed by atoms with Crippen molar-refractivity contribution in [2.45, 2.75) is 45.6 Å². The van der Waals surface area contributed by atoms with Crippen molar-refractivity contribution < 1.29 is 9.53 Å². The maximum absolute atomic E-state index is 11.7. The zero-order valence-corrected chi connectivity index (χ0v) is 19.4. The van der Waals surface area contributed by atoms with Crippen LogP contribution in [0.2, 0.25) is 0 Å². The van der Waals surface area contributed by atoms with E-state index in [0.29, 0.717) is 0 Å². The molecule has 0 aliphatic carbocycles. The Hall–Kier alpha value is -2.99. The van der Waals surface area contributed by atoms with Crippen LogP contribution in [0.5, 0.6) is 0 Å². The van der Waals surface area contributed by atoms with Crippen molar-refractivity contribution in [2.75, 3.05) is 20.2 Å². The standard InChI is InChI=1S/C26H32N4O2/c1-26(2,3)22-9-7-20(8-10-22)24-18-30(28-27-24)23-11-5-19(6-12-23)17-29-15-13-21(14-16-29)25(31)32-4/h5-12,18,21H,13-17H2,1-4H3. The number of hydrogen-bond donors (Lipinski definition) is 0. The molecule has 1 aliphatic heterocycles. The molecule has 0 bridgehead atoms. The van der Waals surface area contributed by atoms with Crippen LogP contribution in [0.15, 0.2) is 54.7 Å². The van der Waals surface area contributed by atoms with E-state index in [0.717, 1.165) is 49.4 Å². The Morgan fingerprint density at radius 1 is 1.03 bits per heavy atom. The molecule has 3 aromatic rings. The number of rotatable bonds is 5. The highest BCUT2D eigenvalue weighted by atomic mass is 16.5. The molecule has 0 N–H and O–H groups in total. The van der Waals surface area contributed by atoms with E-state index in [4.69, 9.17) is 4.74 Å². The SMILES string of the molecule is COC(=O)C1CCN(Cc2ccc(-n3cc(-c4ccc(C(C)(C)C)cc4)nn3)cc2)CC1. The molecule has 4 rings (SSSR count). The quantitative estimate of drug-likeness (QED) is 0.551. The second kappa shape index (κ2) is 9.25. The molecule has 1 aliphatic rings. The maximum Gasteiger partial charge on any atom is 0.308 e. The number of esters is 1. The van der Waals surface area contributed by atoms with Crippen LogP contribution < -0.4 is 0 Å². The highest BCUT2D eigenvalue weighted by Crippen LogP contribution is 2.26. The molecule has 6 nitrogen and oxygen atoms in total. The molecular formula is C26H32N4O2. The summed E-state index contributed by atoms with van der Waals surface area (Å²) >= 11 is 0. The second-order valence-corrected chi connectivity index (χ2v) is 9.62. The molecule has 1 fully saturated rings. The van der Waals surface area contributed by atoms with Crippen LogP contribution in [-0.2, 0) is 21.5 Å². The Balaban J connectivity index is 1.38. The van der Waals surface area contributed by atoms with Crippen molar-refractivity contribution in [3.8, 4) is 16.9 Å². The smallest absolute Gasteiger partial charge is 0.308 e. The number of piperidine rings is 1. The normalized spacial score (nSPS) is 15.6.